The minimum Gasteiger partial charge on any atom is -0.324 e. The maximum atomic E-state index is 13.3. The van der Waals surface area contributed by atoms with E-state index < -0.39 is 0 Å². The molecule has 4 aromatic rings. The lowest BCUT2D eigenvalue weighted by Gasteiger charge is -2.23. The van der Waals surface area contributed by atoms with Gasteiger partial charge in [-0.1, -0.05) is 42.3 Å². The minimum absolute atomic E-state index is 0.148. The number of anilines is 2. The van der Waals surface area contributed by atoms with Crippen molar-refractivity contribution in [3.05, 3.63) is 93.4 Å². The second kappa shape index (κ2) is 10.1. The van der Waals surface area contributed by atoms with Crippen LogP contribution in [0.5, 0.6) is 0 Å². The first kappa shape index (κ1) is 22.8. The van der Waals surface area contributed by atoms with Crippen LogP contribution in [-0.4, -0.2) is 27.6 Å². The Morgan fingerprint density at radius 3 is 2.74 bits per heavy atom. The standard InChI is InChI=1S/C29H29N5O/c1-3-7-22-16-25-18-31-29(32-26-13-11-21(12-14-26)23-10-6-15-30-17-23)33-27(25)34(28(22)35)19-24-9-5-4-8-20(24)2/h4-5,8-9,11-14,16,18,23,30H,6,10,15,17,19H2,1-2H3,(H,31,32,33). The minimum atomic E-state index is -0.148. The average molecular weight is 464 g/mol. The number of hydrogen-bond donors (Lipinski definition) is 2. The highest BCUT2D eigenvalue weighted by Gasteiger charge is 2.15. The molecular formula is C29H29N5O. The monoisotopic (exact) mass is 463 g/mol. The van der Waals surface area contributed by atoms with Crippen LogP contribution in [0.15, 0.2) is 65.6 Å². The van der Waals surface area contributed by atoms with Crippen molar-refractivity contribution >= 4 is 22.7 Å². The molecule has 6 heteroatoms. The Balaban J connectivity index is 1.49. The number of nitrogens with one attached hydrogen (secondary N) is 2. The maximum Gasteiger partial charge on any atom is 0.268 e. The van der Waals surface area contributed by atoms with Crippen LogP contribution in [0, 0.1) is 18.8 Å². The quantitative estimate of drug-likeness (QED) is 0.419. The summed E-state index contributed by atoms with van der Waals surface area (Å²) in [5.41, 5.74) is 5.34. The number of aromatic nitrogens is 3. The smallest absolute Gasteiger partial charge is 0.268 e. The number of aryl methyl sites for hydroxylation is 1. The van der Waals surface area contributed by atoms with E-state index in [4.69, 9.17) is 4.98 Å². The van der Waals surface area contributed by atoms with Gasteiger partial charge in [-0.05, 0) is 74.0 Å². The molecule has 0 bridgehead atoms. The third-order valence-corrected chi connectivity index (χ3v) is 6.61. The van der Waals surface area contributed by atoms with Gasteiger partial charge in [0.1, 0.15) is 5.65 Å². The van der Waals surface area contributed by atoms with E-state index in [0.29, 0.717) is 29.6 Å². The summed E-state index contributed by atoms with van der Waals surface area (Å²) >= 11 is 0. The molecule has 0 aliphatic carbocycles. The third-order valence-electron chi connectivity index (χ3n) is 6.61. The summed E-state index contributed by atoms with van der Waals surface area (Å²) in [6, 6.07) is 18.3. The van der Waals surface area contributed by atoms with Crippen LogP contribution in [-0.2, 0) is 6.54 Å². The van der Waals surface area contributed by atoms with Gasteiger partial charge in [-0.3, -0.25) is 9.36 Å². The van der Waals surface area contributed by atoms with E-state index in [2.05, 4.69) is 51.7 Å². The Hall–Kier alpha value is -3.95. The van der Waals surface area contributed by atoms with Gasteiger partial charge in [0.05, 0.1) is 12.1 Å². The van der Waals surface area contributed by atoms with E-state index in [0.717, 1.165) is 35.3 Å². The second-order valence-corrected chi connectivity index (χ2v) is 9.01. The van der Waals surface area contributed by atoms with Crippen LogP contribution in [0.25, 0.3) is 11.0 Å². The molecule has 6 nitrogen and oxygen atoms in total. The summed E-state index contributed by atoms with van der Waals surface area (Å²) in [5.74, 6) is 6.80. The van der Waals surface area contributed by atoms with Crippen LogP contribution in [0.3, 0.4) is 0 Å². The molecular weight excluding hydrogens is 434 g/mol. The first-order valence-corrected chi connectivity index (χ1v) is 12.1. The molecule has 1 aliphatic heterocycles. The van der Waals surface area contributed by atoms with E-state index >= 15 is 0 Å². The predicted octanol–water partition coefficient (Wildman–Crippen LogP) is 4.73. The van der Waals surface area contributed by atoms with Gasteiger partial charge >= 0.3 is 0 Å². The molecule has 176 valence electrons. The van der Waals surface area contributed by atoms with Crippen molar-refractivity contribution in [1.29, 1.82) is 0 Å². The van der Waals surface area contributed by atoms with Crippen molar-refractivity contribution in [2.45, 2.75) is 39.2 Å². The number of pyridine rings is 1. The molecule has 1 unspecified atom stereocenters. The van der Waals surface area contributed by atoms with Gasteiger partial charge in [-0.25, -0.2) is 4.98 Å². The molecule has 1 fully saturated rings. The molecule has 1 aliphatic rings. The average Bonchev–Trinajstić information content (AvgIpc) is 2.89. The van der Waals surface area contributed by atoms with E-state index in [1.54, 1.807) is 23.8 Å². The zero-order chi connectivity index (χ0) is 24.2. The van der Waals surface area contributed by atoms with Crippen molar-refractivity contribution in [2.75, 3.05) is 18.4 Å². The molecule has 2 aromatic heterocycles. The third kappa shape index (κ3) is 4.96. The number of hydrogen-bond acceptors (Lipinski definition) is 5. The van der Waals surface area contributed by atoms with Gasteiger partial charge in [0, 0.05) is 23.8 Å². The van der Waals surface area contributed by atoms with Crippen LogP contribution in [0.1, 0.15) is 47.9 Å². The number of rotatable bonds is 5. The number of benzene rings is 2. The largest absolute Gasteiger partial charge is 0.324 e. The number of fused-ring (bicyclic) bond motifs is 1. The molecule has 0 saturated carbocycles. The second-order valence-electron chi connectivity index (χ2n) is 9.01. The Kier molecular flexibility index (Phi) is 6.60. The predicted molar refractivity (Wildman–Crippen MR) is 141 cm³/mol. The van der Waals surface area contributed by atoms with E-state index in [-0.39, 0.29) is 5.56 Å². The number of nitrogens with zero attached hydrogens (tertiary/aromatic N) is 3. The van der Waals surface area contributed by atoms with Crippen molar-refractivity contribution < 1.29 is 0 Å². The highest BCUT2D eigenvalue weighted by atomic mass is 16.1. The lowest BCUT2D eigenvalue weighted by molar-refractivity contribution is 0.461. The lowest BCUT2D eigenvalue weighted by Crippen LogP contribution is -2.28. The number of piperidine rings is 1. The Morgan fingerprint density at radius 1 is 1.17 bits per heavy atom. The molecule has 3 heterocycles. The fraction of sp³-hybridized carbons (Fsp3) is 0.276. The topological polar surface area (TPSA) is 71.8 Å². The summed E-state index contributed by atoms with van der Waals surface area (Å²) in [6.07, 6.45) is 4.18. The zero-order valence-corrected chi connectivity index (χ0v) is 20.1. The fourth-order valence-corrected chi connectivity index (χ4v) is 4.65. The van der Waals surface area contributed by atoms with Crippen molar-refractivity contribution in [1.82, 2.24) is 19.9 Å². The lowest BCUT2D eigenvalue weighted by atomic mass is 9.92. The molecule has 0 radical (unpaired) electrons. The first-order chi connectivity index (χ1) is 17.1. The van der Waals surface area contributed by atoms with Gasteiger partial charge in [-0.2, -0.15) is 4.98 Å². The molecule has 35 heavy (non-hydrogen) atoms. The summed E-state index contributed by atoms with van der Waals surface area (Å²) in [7, 11) is 0. The van der Waals surface area contributed by atoms with Crippen molar-refractivity contribution in [3.63, 3.8) is 0 Å². The molecule has 1 saturated heterocycles. The summed E-state index contributed by atoms with van der Waals surface area (Å²) in [6.45, 7) is 6.34. The SMILES string of the molecule is CC#Cc1cc2cnc(Nc3ccc(C4CCCNC4)cc3)nc2n(Cc2ccccc2C)c1=O. The fourth-order valence-electron chi connectivity index (χ4n) is 4.65. The van der Waals surface area contributed by atoms with Gasteiger partial charge in [0.25, 0.3) is 5.56 Å². The highest BCUT2D eigenvalue weighted by molar-refractivity contribution is 5.77. The summed E-state index contributed by atoms with van der Waals surface area (Å²) < 4.78 is 1.70. The molecule has 0 spiro atoms. The Labute approximate surface area is 205 Å². The van der Waals surface area contributed by atoms with E-state index in [1.165, 1.54) is 18.4 Å². The molecule has 2 aromatic carbocycles. The van der Waals surface area contributed by atoms with Crippen LogP contribution >= 0.6 is 0 Å². The van der Waals surface area contributed by atoms with Gasteiger partial charge in [0.15, 0.2) is 0 Å². The van der Waals surface area contributed by atoms with Crippen LogP contribution in [0.2, 0.25) is 0 Å². The summed E-state index contributed by atoms with van der Waals surface area (Å²) in [5, 5.41) is 7.56. The summed E-state index contributed by atoms with van der Waals surface area (Å²) in [4.78, 5) is 22.6. The van der Waals surface area contributed by atoms with Crippen LogP contribution in [0.4, 0.5) is 11.6 Å². The van der Waals surface area contributed by atoms with Gasteiger partial charge < -0.3 is 10.6 Å². The highest BCUT2D eigenvalue weighted by Crippen LogP contribution is 2.25. The molecule has 5 rings (SSSR count). The normalized spacial score (nSPS) is 15.4. The van der Waals surface area contributed by atoms with E-state index in [1.807, 2.05) is 31.2 Å². The van der Waals surface area contributed by atoms with Crippen molar-refractivity contribution in [2.24, 2.45) is 0 Å². The molecule has 1 atom stereocenters. The molecule has 2 N–H and O–H groups in total. The maximum absolute atomic E-state index is 13.3. The Morgan fingerprint density at radius 2 is 2.00 bits per heavy atom. The molecule has 0 amide bonds. The van der Waals surface area contributed by atoms with Crippen molar-refractivity contribution in [3.8, 4) is 11.8 Å². The Bertz CT molecular complexity index is 1470. The van der Waals surface area contributed by atoms with Gasteiger partial charge in [0.2, 0.25) is 5.95 Å². The van der Waals surface area contributed by atoms with Crippen LogP contribution < -0.4 is 16.2 Å². The van der Waals surface area contributed by atoms with Gasteiger partial charge in [-0.15, -0.1) is 5.92 Å². The first-order valence-electron chi connectivity index (χ1n) is 12.1. The van der Waals surface area contributed by atoms with E-state index in [9.17, 15) is 4.79 Å². The zero-order valence-electron chi connectivity index (χ0n) is 20.1.